The summed E-state index contributed by atoms with van der Waals surface area (Å²) in [5.74, 6) is 1.11. The molecule has 22 heavy (non-hydrogen) atoms. The van der Waals surface area contributed by atoms with Crippen LogP contribution in [0.3, 0.4) is 0 Å². The Hall–Kier alpha value is -1.88. The Morgan fingerprint density at radius 2 is 2.32 bits per heavy atom. The number of aryl methyl sites for hydroxylation is 2. The standard InChI is InChI=1S/C17H21N3O2/c21-17(18-11-13-4-3-9-22-13)12-6-7-15-14(10-12)19-16-5-1-2-8-20(15)16/h6-7,10,13H,1-5,8-9,11H2,(H,18,21). The number of nitrogens with one attached hydrogen (secondary N) is 1. The van der Waals surface area contributed by atoms with Crippen LogP contribution in [-0.4, -0.2) is 34.7 Å². The molecule has 1 fully saturated rings. The zero-order valence-corrected chi connectivity index (χ0v) is 12.7. The van der Waals surface area contributed by atoms with Crippen molar-refractivity contribution in [1.29, 1.82) is 0 Å². The molecule has 4 rings (SSSR count). The van der Waals surface area contributed by atoms with Gasteiger partial charge in [-0.1, -0.05) is 0 Å². The molecule has 0 aliphatic carbocycles. The summed E-state index contributed by atoms with van der Waals surface area (Å²) in [6, 6.07) is 5.83. The van der Waals surface area contributed by atoms with Gasteiger partial charge in [0.1, 0.15) is 5.82 Å². The van der Waals surface area contributed by atoms with Crippen molar-refractivity contribution in [3.05, 3.63) is 29.6 Å². The van der Waals surface area contributed by atoms with Crippen molar-refractivity contribution in [2.75, 3.05) is 13.2 Å². The van der Waals surface area contributed by atoms with Gasteiger partial charge < -0.3 is 14.6 Å². The minimum atomic E-state index is -0.0385. The number of hydrogen-bond donors (Lipinski definition) is 1. The molecule has 0 spiro atoms. The molecule has 0 bridgehead atoms. The SMILES string of the molecule is O=C(NCC1CCCO1)c1ccc2c(c1)nc1n2CCCC1. The molecule has 0 saturated carbocycles. The van der Waals surface area contributed by atoms with Crippen LogP contribution in [0.5, 0.6) is 0 Å². The van der Waals surface area contributed by atoms with E-state index >= 15 is 0 Å². The van der Waals surface area contributed by atoms with E-state index < -0.39 is 0 Å². The van der Waals surface area contributed by atoms with E-state index in [9.17, 15) is 4.79 Å². The number of imidazole rings is 1. The second kappa shape index (κ2) is 5.72. The number of nitrogens with zero attached hydrogens (tertiary/aromatic N) is 2. The molecule has 5 heteroatoms. The van der Waals surface area contributed by atoms with Gasteiger partial charge in [-0.05, 0) is 43.9 Å². The van der Waals surface area contributed by atoms with Crippen molar-refractivity contribution in [1.82, 2.24) is 14.9 Å². The van der Waals surface area contributed by atoms with E-state index in [2.05, 4.69) is 9.88 Å². The van der Waals surface area contributed by atoms with Crippen LogP contribution in [0.1, 0.15) is 41.9 Å². The maximum Gasteiger partial charge on any atom is 0.251 e. The van der Waals surface area contributed by atoms with Crippen LogP contribution in [0.4, 0.5) is 0 Å². The third kappa shape index (κ3) is 2.50. The molecule has 1 N–H and O–H groups in total. The van der Waals surface area contributed by atoms with Crippen molar-refractivity contribution in [2.24, 2.45) is 0 Å². The molecule has 0 radical (unpaired) electrons. The Kier molecular flexibility index (Phi) is 3.58. The molecule has 2 aliphatic heterocycles. The third-order valence-electron chi connectivity index (χ3n) is 4.64. The van der Waals surface area contributed by atoms with Gasteiger partial charge in [0.2, 0.25) is 0 Å². The van der Waals surface area contributed by atoms with Gasteiger partial charge in [-0.3, -0.25) is 4.79 Å². The Morgan fingerprint density at radius 3 is 3.18 bits per heavy atom. The molecule has 1 atom stereocenters. The molecule has 1 amide bonds. The summed E-state index contributed by atoms with van der Waals surface area (Å²) in [7, 11) is 0. The summed E-state index contributed by atoms with van der Waals surface area (Å²) in [5, 5.41) is 2.97. The van der Waals surface area contributed by atoms with E-state index in [4.69, 9.17) is 9.72 Å². The highest BCUT2D eigenvalue weighted by molar-refractivity contribution is 5.97. The zero-order chi connectivity index (χ0) is 14.9. The van der Waals surface area contributed by atoms with Crippen molar-refractivity contribution >= 4 is 16.9 Å². The summed E-state index contributed by atoms with van der Waals surface area (Å²) in [6.45, 7) is 2.44. The van der Waals surface area contributed by atoms with Crippen LogP contribution in [0.2, 0.25) is 0 Å². The highest BCUT2D eigenvalue weighted by Gasteiger charge is 2.18. The molecular formula is C17H21N3O2. The van der Waals surface area contributed by atoms with Crippen LogP contribution in [-0.2, 0) is 17.7 Å². The minimum absolute atomic E-state index is 0.0385. The summed E-state index contributed by atoms with van der Waals surface area (Å²) < 4.78 is 7.82. The van der Waals surface area contributed by atoms with Crippen LogP contribution in [0, 0.1) is 0 Å². The van der Waals surface area contributed by atoms with Crippen LogP contribution in [0.25, 0.3) is 11.0 Å². The monoisotopic (exact) mass is 299 g/mol. The molecule has 3 heterocycles. The summed E-state index contributed by atoms with van der Waals surface area (Å²) in [6.07, 6.45) is 5.75. The number of amides is 1. The fourth-order valence-corrected chi connectivity index (χ4v) is 3.43. The number of carbonyl (C=O) groups excluding carboxylic acids is 1. The van der Waals surface area contributed by atoms with Gasteiger partial charge in [0.05, 0.1) is 17.1 Å². The number of benzene rings is 1. The number of aromatic nitrogens is 2. The zero-order valence-electron chi connectivity index (χ0n) is 12.7. The second-order valence-electron chi connectivity index (χ2n) is 6.19. The first-order valence-corrected chi connectivity index (χ1v) is 8.20. The Bertz CT molecular complexity index is 701. The molecule has 1 aromatic carbocycles. The van der Waals surface area contributed by atoms with E-state index in [1.165, 1.54) is 12.8 Å². The van der Waals surface area contributed by atoms with Gasteiger partial charge in [-0.25, -0.2) is 4.98 Å². The number of ether oxygens (including phenoxy) is 1. The number of fused-ring (bicyclic) bond motifs is 3. The summed E-state index contributed by atoms with van der Waals surface area (Å²) >= 11 is 0. The van der Waals surface area contributed by atoms with Crippen molar-refractivity contribution in [2.45, 2.75) is 44.8 Å². The quantitative estimate of drug-likeness (QED) is 0.946. The van der Waals surface area contributed by atoms with Gasteiger partial charge >= 0.3 is 0 Å². The van der Waals surface area contributed by atoms with Crippen molar-refractivity contribution in [3.8, 4) is 0 Å². The molecular weight excluding hydrogens is 278 g/mol. The molecule has 1 saturated heterocycles. The average molecular weight is 299 g/mol. The maximum absolute atomic E-state index is 12.3. The number of hydrogen-bond acceptors (Lipinski definition) is 3. The summed E-state index contributed by atoms with van der Waals surface area (Å²) in [4.78, 5) is 17.0. The van der Waals surface area contributed by atoms with Gasteiger partial charge in [0, 0.05) is 31.7 Å². The second-order valence-corrected chi connectivity index (χ2v) is 6.19. The van der Waals surface area contributed by atoms with Gasteiger partial charge in [-0.15, -0.1) is 0 Å². The third-order valence-corrected chi connectivity index (χ3v) is 4.64. The van der Waals surface area contributed by atoms with Gasteiger partial charge in [0.15, 0.2) is 0 Å². The lowest BCUT2D eigenvalue weighted by Crippen LogP contribution is -2.31. The summed E-state index contributed by atoms with van der Waals surface area (Å²) in [5.41, 5.74) is 2.76. The van der Waals surface area contributed by atoms with E-state index in [0.29, 0.717) is 12.1 Å². The average Bonchev–Trinajstić information content (AvgIpc) is 3.19. The lowest BCUT2D eigenvalue weighted by atomic mass is 10.1. The van der Waals surface area contributed by atoms with Crippen LogP contribution in [0.15, 0.2) is 18.2 Å². The number of carbonyl (C=O) groups is 1. The predicted octanol–water partition coefficient (Wildman–Crippen LogP) is 2.28. The lowest BCUT2D eigenvalue weighted by Gasteiger charge is -2.14. The van der Waals surface area contributed by atoms with Crippen molar-refractivity contribution in [3.63, 3.8) is 0 Å². The molecule has 1 unspecified atom stereocenters. The van der Waals surface area contributed by atoms with E-state index in [-0.39, 0.29) is 12.0 Å². The first-order chi connectivity index (χ1) is 10.8. The molecule has 2 aromatic rings. The van der Waals surface area contributed by atoms with Crippen LogP contribution < -0.4 is 5.32 Å². The predicted molar refractivity (Wildman–Crippen MR) is 84.0 cm³/mol. The fraction of sp³-hybridized carbons (Fsp3) is 0.529. The smallest absolute Gasteiger partial charge is 0.251 e. The first kappa shape index (κ1) is 13.8. The van der Waals surface area contributed by atoms with E-state index in [1.807, 2.05) is 18.2 Å². The molecule has 116 valence electrons. The fourth-order valence-electron chi connectivity index (χ4n) is 3.43. The topological polar surface area (TPSA) is 56.1 Å². The maximum atomic E-state index is 12.3. The molecule has 5 nitrogen and oxygen atoms in total. The Labute approximate surface area is 129 Å². The van der Waals surface area contributed by atoms with Gasteiger partial charge in [-0.2, -0.15) is 0 Å². The molecule has 1 aromatic heterocycles. The first-order valence-electron chi connectivity index (χ1n) is 8.20. The Balaban J connectivity index is 1.52. The number of rotatable bonds is 3. The van der Waals surface area contributed by atoms with Crippen molar-refractivity contribution < 1.29 is 9.53 Å². The minimum Gasteiger partial charge on any atom is -0.376 e. The van der Waals surface area contributed by atoms with E-state index in [1.54, 1.807) is 0 Å². The van der Waals surface area contributed by atoms with Crippen LogP contribution >= 0.6 is 0 Å². The largest absolute Gasteiger partial charge is 0.376 e. The Morgan fingerprint density at radius 1 is 1.36 bits per heavy atom. The molecule has 2 aliphatic rings. The lowest BCUT2D eigenvalue weighted by molar-refractivity contribution is 0.0858. The van der Waals surface area contributed by atoms with E-state index in [0.717, 1.165) is 49.3 Å². The highest BCUT2D eigenvalue weighted by Crippen LogP contribution is 2.23. The van der Waals surface area contributed by atoms with Gasteiger partial charge in [0.25, 0.3) is 5.91 Å². The normalized spacial score (nSPS) is 21.0. The highest BCUT2D eigenvalue weighted by atomic mass is 16.5.